The SMILES string of the molecule is Cc1ccc(Nc2ncc(F)c(Nc3ccc4ccn(C(=O)NCCN5CCOCC5)c4c3)n2)cc1S(N)(=O)=O. The first-order chi connectivity index (χ1) is 19.2. The van der Waals surface area contributed by atoms with Crippen LogP contribution < -0.4 is 21.1 Å². The Kier molecular flexibility index (Phi) is 7.93. The second-order valence-electron chi connectivity index (χ2n) is 9.31. The molecule has 4 aromatic rings. The molecule has 2 aromatic heterocycles. The molecule has 1 aliphatic heterocycles. The highest BCUT2D eigenvalue weighted by Gasteiger charge is 2.15. The Labute approximate surface area is 230 Å². The summed E-state index contributed by atoms with van der Waals surface area (Å²) in [5, 5.41) is 14.9. The van der Waals surface area contributed by atoms with Crippen molar-refractivity contribution < 1.29 is 22.3 Å². The number of carbonyl (C=O) groups excluding carboxylic acids is 1. The van der Waals surface area contributed by atoms with E-state index >= 15 is 0 Å². The zero-order valence-corrected chi connectivity index (χ0v) is 22.5. The van der Waals surface area contributed by atoms with Gasteiger partial charge in [-0.15, -0.1) is 0 Å². The van der Waals surface area contributed by atoms with E-state index in [1.807, 2.05) is 12.1 Å². The Morgan fingerprint density at radius 2 is 1.85 bits per heavy atom. The highest BCUT2D eigenvalue weighted by Crippen LogP contribution is 2.26. The topological polar surface area (TPSA) is 156 Å². The molecule has 5 rings (SSSR count). The fourth-order valence-corrected chi connectivity index (χ4v) is 5.19. The number of nitrogens with one attached hydrogen (secondary N) is 3. The van der Waals surface area contributed by atoms with Crippen LogP contribution in [0.1, 0.15) is 5.56 Å². The third kappa shape index (κ3) is 6.37. The summed E-state index contributed by atoms with van der Waals surface area (Å²) < 4.78 is 45.2. The van der Waals surface area contributed by atoms with Crippen LogP contribution in [-0.4, -0.2) is 73.3 Å². The van der Waals surface area contributed by atoms with Crippen molar-refractivity contribution in [2.75, 3.05) is 50.0 Å². The van der Waals surface area contributed by atoms with Crippen LogP contribution in [0.4, 0.5) is 32.3 Å². The molecule has 40 heavy (non-hydrogen) atoms. The Balaban J connectivity index is 1.30. The summed E-state index contributed by atoms with van der Waals surface area (Å²) in [5.74, 6) is -0.767. The highest BCUT2D eigenvalue weighted by atomic mass is 32.2. The third-order valence-electron chi connectivity index (χ3n) is 6.48. The van der Waals surface area contributed by atoms with Gasteiger partial charge in [-0.05, 0) is 42.8 Å². The first-order valence-electron chi connectivity index (χ1n) is 12.6. The van der Waals surface area contributed by atoms with Gasteiger partial charge in [-0.3, -0.25) is 9.47 Å². The van der Waals surface area contributed by atoms with Crippen molar-refractivity contribution in [1.29, 1.82) is 0 Å². The number of hydrogen-bond donors (Lipinski definition) is 4. The van der Waals surface area contributed by atoms with Crippen molar-refractivity contribution in [2.45, 2.75) is 11.8 Å². The van der Waals surface area contributed by atoms with Crippen molar-refractivity contribution in [1.82, 2.24) is 24.8 Å². The van der Waals surface area contributed by atoms with Crippen LogP contribution in [0, 0.1) is 12.7 Å². The number of carbonyl (C=O) groups is 1. The molecule has 210 valence electrons. The van der Waals surface area contributed by atoms with Crippen molar-refractivity contribution >= 4 is 50.1 Å². The second kappa shape index (κ2) is 11.6. The van der Waals surface area contributed by atoms with E-state index < -0.39 is 15.8 Å². The zero-order chi connectivity index (χ0) is 28.3. The van der Waals surface area contributed by atoms with Crippen LogP contribution in [0.2, 0.25) is 0 Å². The van der Waals surface area contributed by atoms with Gasteiger partial charge >= 0.3 is 6.03 Å². The fourth-order valence-electron chi connectivity index (χ4n) is 4.38. The molecule has 0 atom stereocenters. The predicted octanol–water partition coefficient (Wildman–Crippen LogP) is 2.90. The van der Waals surface area contributed by atoms with Gasteiger partial charge in [0.2, 0.25) is 16.0 Å². The summed E-state index contributed by atoms with van der Waals surface area (Å²) >= 11 is 0. The van der Waals surface area contributed by atoms with E-state index in [0.29, 0.717) is 42.2 Å². The molecule has 1 amide bonds. The van der Waals surface area contributed by atoms with E-state index in [9.17, 15) is 17.6 Å². The maximum atomic E-state index is 14.6. The predicted molar refractivity (Wildman–Crippen MR) is 149 cm³/mol. The van der Waals surface area contributed by atoms with E-state index in [-0.39, 0.29) is 22.7 Å². The number of sulfonamides is 1. The average Bonchev–Trinajstić information content (AvgIpc) is 3.35. The molecule has 0 radical (unpaired) electrons. The molecule has 2 aromatic carbocycles. The molecule has 0 bridgehead atoms. The van der Waals surface area contributed by atoms with Gasteiger partial charge in [0.25, 0.3) is 0 Å². The molecule has 0 unspecified atom stereocenters. The van der Waals surface area contributed by atoms with Gasteiger partial charge in [-0.25, -0.2) is 27.7 Å². The summed E-state index contributed by atoms with van der Waals surface area (Å²) in [4.78, 5) is 23.2. The highest BCUT2D eigenvalue weighted by molar-refractivity contribution is 7.89. The summed E-state index contributed by atoms with van der Waals surface area (Å²) in [6, 6.07) is 11.4. The molecule has 0 saturated carbocycles. The lowest BCUT2D eigenvalue weighted by atomic mass is 10.2. The molecule has 0 spiro atoms. The van der Waals surface area contributed by atoms with Gasteiger partial charge in [0.1, 0.15) is 0 Å². The smallest absolute Gasteiger partial charge is 0.326 e. The number of amides is 1. The molecule has 1 saturated heterocycles. The number of hydrogen-bond acceptors (Lipinski definition) is 9. The zero-order valence-electron chi connectivity index (χ0n) is 21.7. The number of nitrogens with two attached hydrogens (primary N) is 1. The minimum atomic E-state index is -3.93. The van der Waals surface area contributed by atoms with Crippen LogP contribution in [0.5, 0.6) is 0 Å². The van der Waals surface area contributed by atoms with E-state index in [2.05, 4.69) is 30.8 Å². The Morgan fingerprint density at radius 1 is 1.10 bits per heavy atom. The Hall–Kier alpha value is -4.11. The van der Waals surface area contributed by atoms with Gasteiger partial charge in [0.05, 0.1) is 29.8 Å². The number of nitrogens with zero attached hydrogens (tertiary/aromatic N) is 4. The van der Waals surface area contributed by atoms with Crippen LogP contribution >= 0.6 is 0 Å². The van der Waals surface area contributed by atoms with Gasteiger partial charge in [-0.1, -0.05) is 12.1 Å². The first-order valence-corrected chi connectivity index (χ1v) is 14.1. The van der Waals surface area contributed by atoms with Crippen molar-refractivity contribution in [3.05, 3.63) is 66.2 Å². The number of rotatable bonds is 8. The van der Waals surface area contributed by atoms with Crippen LogP contribution in [-0.2, 0) is 14.8 Å². The normalized spacial score (nSPS) is 14.3. The first kappa shape index (κ1) is 27.5. The molecular weight excluding hydrogens is 539 g/mol. The molecule has 14 heteroatoms. The van der Waals surface area contributed by atoms with Crippen molar-refractivity contribution in [3.8, 4) is 0 Å². The quantitative estimate of drug-likeness (QED) is 0.251. The molecule has 1 aliphatic rings. The number of anilines is 4. The lowest BCUT2D eigenvalue weighted by Crippen LogP contribution is -2.42. The van der Waals surface area contributed by atoms with Crippen LogP contribution in [0.3, 0.4) is 0 Å². The Morgan fingerprint density at radius 3 is 2.62 bits per heavy atom. The lowest BCUT2D eigenvalue weighted by molar-refractivity contribution is 0.0387. The largest absolute Gasteiger partial charge is 0.379 e. The maximum Gasteiger partial charge on any atom is 0.326 e. The van der Waals surface area contributed by atoms with E-state index in [1.54, 1.807) is 37.4 Å². The van der Waals surface area contributed by atoms with Gasteiger partial charge < -0.3 is 20.7 Å². The number of primary sulfonamides is 1. The molecular formula is C26H29FN8O4S. The second-order valence-corrected chi connectivity index (χ2v) is 10.8. The van der Waals surface area contributed by atoms with Gasteiger partial charge in [0.15, 0.2) is 11.6 Å². The number of aryl methyl sites for hydroxylation is 1. The maximum absolute atomic E-state index is 14.6. The van der Waals surface area contributed by atoms with Gasteiger partial charge in [-0.2, -0.15) is 4.98 Å². The van der Waals surface area contributed by atoms with Crippen molar-refractivity contribution in [3.63, 3.8) is 0 Å². The summed E-state index contributed by atoms with van der Waals surface area (Å²) in [6.45, 7) is 5.94. The number of benzene rings is 2. The summed E-state index contributed by atoms with van der Waals surface area (Å²) in [7, 11) is -3.93. The fraction of sp³-hybridized carbons (Fsp3) is 0.269. The standard InChI is InChI=1S/C26H29FN8O4S/c1-17-2-4-20(15-23(17)40(28,37)38)32-25-30-16-21(27)24(33-25)31-19-5-3-18-6-8-35(22(18)14-19)26(36)29-7-9-34-10-12-39-13-11-34/h2-6,8,14-16H,7,9-13H2,1H3,(H,29,36)(H2,28,37,38)(H2,30,31,32,33). The minimum Gasteiger partial charge on any atom is -0.379 e. The lowest BCUT2D eigenvalue weighted by Gasteiger charge is -2.26. The molecule has 5 N–H and O–H groups in total. The summed E-state index contributed by atoms with van der Waals surface area (Å²) in [6.07, 6.45) is 2.68. The number of ether oxygens (including phenoxy) is 1. The van der Waals surface area contributed by atoms with Crippen LogP contribution in [0.15, 0.2) is 59.8 Å². The van der Waals surface area contributed by atoms with E-state index in [1.165, 1.54) is 10.6 Å². The third-order valence-corrected chi connectivity index (χ3v) is 7.53. The number of morpholine rings is 1. The number of halogens is 1. The molecule has 12 nitrogen and oxygen atoms in total. The molecule has 3 heterocycles. The Bertz CT molecular complexity index is 1650. The number of aromatic nitrogens is 3. The van der Waals surface area contributed by atoms with E-state index in [0.717, 1.165) is 31.2 Å². The van der Waals surface area contributed by atoms with Gasteiger partial charge in [0, 0.05) is 49.1 Å². The monoisotopic (exact) mass is 568 g/mol. The number of fused-ring (bicyclic) bond motifs is 1. The summed E-state index contributed by atoms with van der Waals surface area (Å²) in [5.41, 5.74) is 1.99. The van der Waals surface area contributed by atoms with E-state index in [4.69, 9.17) is 9.88 Å². The molecule has 0 aliphatic carbocycles. The van der Waals surface area contributed by atoms with Crippen LogP contribution in [0.25, 0.3) is 10.9 Å². The average molecular weight is 569 g/mol. The molecule has 1 fully saturated rings. The van der Waals surface area contributed by atoms with Crippen molar-refractivity contribution in [2.24, 2.45) is 5.14 Å². The minimum absolute atomic E-state index is 0.0391.